The summed E-state index contributed by atoms with van der Waals surface area (Å²) in [5, 5.41) is 0. The number of hydrogen-bond donors (Lipinski definition) is 0. The minimum absolute atomic E-state index is 0.00391. The molecular formula is C25H30N4O3S. The number of carbonyl (C=O) groups is 1. The van der Waals surface area contributed by atoms with E-state index in [1.807, 2.05) is 28.0 Å². The van der Waals surface area contributed by atoms with Crippen molar-refractivity contribution in [1.29, 1.82) is 0 Å². The van der Waals surface area contributed by atoms with Gasteiger partial charge < -0.3 is 9.80 Å². The molecule has 2 fully saturated rings. The number of fused-ring (bicyclic) bond motifs is 1. The first kappa shape index (κ1) is 22.1. The van der Waals surface area contributed by atoms with Crippen molar-refractivity contribution in [3.63, 3.8) is 0 Å². The molecule has 2 saturated heterocycles. The highest BCUT2D eigenvalue weighted by atomic mass is 32.2. The highest BCUT2D eigenvalue weighted by molar-refractivity contribution is 7.90. The van der Waals surface area contributed by atoms with Crippen molar-refractivity contribution >= 4 is 21.8 Å². The minimum atomic E-state index is -3.62. The van der Waals surface area contributed by atoms with Gasteiger partial charge in [-0.1, -0.05) is 42.5 Å². The Morgan fingerprint density at radius 2 is 1.61 bits per heavy atom. The zero-order chi connectivity index (χ0) is 22.8. The summed E-state index contributed by atoms with van der Waals surface area (Å²) in [7, 11) is -3.62. The van der Waals surface area contributed by atoms with Gasteiger partial charge >= 0.3 is 0 Å². The molecular weight excluding hydrogens is 436 g/mol. The maximum absolute atomic E-state index is 13.3. The molecule has 2 aromatic rings. The van der Waals surface area contributed by atoms with E-state index in [9.17, 15) is 13.2 Å². The largest absolute Gasteiger partial charge is 0.355 e. The maximum atomic E-state index is 13.3. The van der Waals surface area contributed by atoms with Gasteiger partial charge in [0.2, 0.25) is 5.91 Å². The molecule has 7 nitrogen and oxygen atoms in total. The van der Waals surface area contributed by atoms with Crippen LogP contribution < -0.4 is 0 Å². The molecule has 0 saturated carbocycles. The number of carbonyl (C=O) groups excluding carboxylic acids is 1. The maximum Gasteiger partial charge on any atom is 0.285 e. The van der Waals surface area contributed by atoms with Crippen LogP contribution in [0.5, 0.6) is 0 Å². The molecule has 33 heavy (non-hydrogen) atoms. The number of amides is 1. The van der Waals surface area contributed by atoms with Crippen molar-refractivity contribution in [2.45, 2.75) is 30.7 Å². The van der Waals surface area contributed by atoms with Crippen molar-refractivity contribution in [3.05, 3.63) is 65.7 Å². The normalized spacial score (nSPS) is 21.4. The quantitative estimate of drug-likeness (QED) is 0.695. The average molecular weight is 467 g/mol. The van der Waals surface area contributed by atoms with Crippen LogP contribution in [0.15, 0.2) is 63.9 Å². The number of nitrogens with zero attached hydrogens (tertiary/aromatic N) is 4. The van der Waals surface area contributed by atoms with Crippen LogP contribution in [0.1, 0.15) is 30.4 Å². The van der Waals surface area contributed by atoms with Gasteiger partial charge in [-0.05, 0) is 37.0 Å². The summed E-state index contributed by atoms with van der Waals surface area (Å²) in [4.78, 5) is 20.0. The first-order valence-electron chi connectivity index (χ1n) is 11.8. The molecule has 0 aliphatic carbocycles. The number of benzene rings is 2. The standard InChI is InChI=1S/C25H30N4O3S/c30-25(29-14-6-13-27(17-18-29)19-20-7-2-1-3-8-20)21-11-15-28(16-12-21)24-22-9-4-5-10-23(22)33(31,32)26-24/h1-5,7-10,21H,6,11-19H2. The fraction of sp³-hybridized carbons (Fsp3) is 0.440. The van der Waals surface area contributed by atoms with E-state index in [4.69, 9.17) is 0 Å². The molecule has 3 aliphatic rings. The fourth-order valence-corrected chi connectivity index (χ4v) is 6.33. The van der Waals surface area contributed by atoms with Gasteiger partial charge in [0.15, 0.2) is 5.84 Å². The number of rotatable bonds is 3. The summed E-state index contributed by atoms with van der Waals surface area (Å²) in [6.07, 6.45) is 2.44. The van der Waals surface area contributed by atoms with Crippen molar-refractivity contribution < 1.29 is 13.2 Å². The third kappa shape index (κ3) is 4.68. The molecule has 3 aliphatic heterocycles. The first-order chi connectivity index (χ1) is 16.0. The number of amidine groups is 1. The summed E-state index contributed by atoms with van der Waals surface area (Å²) in [6, 6.07) is 17.5. The zero-order valence-corrected chi connectivity index (χ0v) is 19.6. The number of likely N-dealkylation sites (tertiary alicyclic amines) is 1. The molecule has 0 spiro atoms. The van der Waals surface area contributed by atoms with Crippen LogP contribution in [0.2, 0.25) is 0 Å². The molecule has 174 valence electrons. The predicted octanol–water partition coefficient (Wildman–Crippen LogP) is 2.58. The van der Waals surface area contributed by atoms with Crippen LogP contribution in [0, 0.1) is 5.92 Å². The van der Waals surface area contributed by atoms with Gasteiger partial charge in [-0.2, -0.15) is 8.42 Å². The second kappa shape index (κ2) is 9.27. The van der Waals surface area contributed by atoms with Gasteiger partial charge in [0.05, 0.1) is 0 Å². The van der Waals surface area contributed by atoms with E-state index < -0.39 is 10.0 Å². The molecule has 5 rings (SSSR count). The third-order valence-corrected chi connectivity index (χ3v) is 8.23. The van der Waals surface area contributed by atoms with E-state index in [0.29, 0.717) is 24.5 Å². The molecule has 0 radical (unpaired) electrons. The lowest BCUT2D eigenvalue weighted by molar-refractivity contribution is -0.136. The summed E-state index contributed by atoms with van der Waals surface area (Å²) >= 11 is 0. The second-order valence-corrected chi connectivity index (χ2v) is 10.7. The molecule has 1 amide bonds. The zero-order valence-electron chi connectivity index (χ0n) is 18.8. The van der Waals surface area contributed by atoms with Crippen LogP contribution in [-0.4, -0.2) is 74.1 Å². The van der Waals surface area contributed by atoms with Crippen LogP contribution in [0.4, 0.5) is 0 Å². The number of piperidine rings is 1. The highest BCUT2D eigenvalue weighted by Crippen LogP contribution is 2.30. The lowest BCUT2D eigenvalue weighted by atomic mass is 9.94. The summed E-state index contributed by atoms with van der Waals surface area (Å²) in [5.41, 5.74) is 1.98. The van der Waals surface area contributed by atoms with Crippen LogP contribution in [-0.2, 0) is 21.4 Å². The molecule has 3 heterocycles. The topological polar surface area (TPSA) is 73.3 Å². The van der Waals surface area contributed by atoms with E-state index in [2.05, 4.69) is 33.6 Å². The minimum Gasteiger partial charge on any atom is -0.355 e. The molecule has 0 bridgehead atoms. The lowest BCUT2D eigenvalue weighted by Gasteiger charge is -2.35. The van der Waals surface area contributed by atoms with Crippen molar-refractivity contribution in [2.24, 2.45) is 10.3 Å². The number of sulfonamides is 1. The van der Waals surface area contributed by atoms with Gasteiger partial charge in [0.1, 0.15) is 4.90 Å². The van der Waals surface area contributed by atoms with Gasteiger partial charge in [0, 0.05) is 57.3 Å². The fourth-order valence-electron chi connectivity index (χ4n) is 5.10. The lowest BCUT2D eigenvalue weighted by Crippen LogP contribution is -2.45. The van der Waals surface area contributed by atoms with E-state index in [1.54, 1.807) is 12.1 Å². The SMILES string of the molecule is O=C(C1CCN(C2=NS(=O)(=O)c3ccccc32)CC1)N1CCCN(Cc2ccccc2)CC1. The van der Waals surface area contributed by atoms with E-state index in [0.717, 1.165) is 52.0 Å². The molecule has 0 N–H and O–H groups in total. The predicted molar refractivity (Wildman–Crippen MR) is 127 cm³/mol. The molecule has 8 heteroatoms. The highest BCUT2D eigenvalue weighted by Gasteiger charge is 2.35. The summed E-state index contributed by atoms with van der Waals surface area (Å²) in [6.45, 7) is 5.69. The monoisotopic (exact) mass is 466 g/mol. The van der Waals surface area contributed by atoms with E-state index >= 15 is 0 Å². The van der Waals surface area contributed by atoms with E-state index in [-0.39, 0.29) is 16.7 Å². The molecule has 0 unspecified atom stereocenters. The first-order valence-corrected chi connectivity index (χ1v) is 13.2. The van der Waals surface area contributed by atoms with E-state index in [1.165, 1.54) is 5.56 Å². The van der Waals surface area contributed by atoms with Crippen LogP contribution >= 0.6 is 0 Å². The number of hydrogen-bond acceptors (Lipinski definition) is 5. The van der Waals surface area contributed by atoms with Crippen molar-refractivity contribution in [1.82, 2.24) is 14.7 Å². The van der Waals surface area contributed by atoms with Crippen molar-refractivity contribution in [3.8, 4) is 0 Å². The Hall–Kier alpha value is -2.71. The molecule has 0 atom stereocenters. The Morgan fingerprint density at radius 1 is 0.879 bits per heavy atom. The van der Waals surface area contributed by atoms with Crippen molar-refractivity contribution in [2.75, 3.05) is 39.3 Å². The van der Waals surface area contributed by atoms with Gasteiger partial charge in [-0.15, -0.1) is 4.40 Å². The Kier molecular flexibility index (Phi) is 6.21. The Labute approximate surface area is 195 Å². The third-order valence-electron chi connectivity index (χ3n) is 6.91. The summed E-state index contributed by atoms with van der Waals surface area (Å²) in [5.74, 6) is 0.774. The van der Waals surface area contributed by atoms with Gasteiger partial charge in [0.25, 0.3) is 10.0 Å². The Balaban J connectivity index is 1.17. The molecule has 0 aromatic heterocycles. The second-order valence-electron chi connectivity index (χ2n) is 9.09. The Bertz CT molecular complexity index is 1140. The Morgan fingerprint density at radius 3 is 2.39 bits per heavy atom. The van der Waals surface area contributed by atoms with Gasteiger partial charge in [-0.25, -0.2) is 0 Å². The summed E-state index contributed by atoms with van der Waals surface area (Å²) < 4.78 is 28.8. The smallest absolute Gasteiger partial charge is 0.285 e. The van der Waals surface area contributed by atoms with Crippen LogP contribution in [0.25, 0.3) is 0 Å². The average Bonchev–Trinajstić information content (AvgIpc) is 2.97. The van der Waals surface area contributed by atoms with Gasteiger partial charge in [-0.3, -0.25) is 9.69 Å². The van der Waals surface area contributed by atoms with Crippen LogP contribution in [0.3, 0.4) is 0 Å². The molecule has 2 aromatic carbocycles.